The quantitative estimate of drug-likeness (QED) is 0.244. The molecule has 0 amide bonds. The molecule has 7 nitrogen and oxygen atoms in total. The van der Waals surface area contributed by atoms with Crippen molar-refractivity contribution in [3.63, 3.8) is 0 Å². The van der Waals surface area contributed by atoms with E-state index in [0.717, 1.165) is 0 Å². The molecule has 0 aliphatic carbocycles. The lowest BCUT2D eigenvalue weighted by molar-refractivity contribution is -0.384. The van der Waals surface area contributed by atoms with Crippen LogP contribution >= 0.6 is 23.2 Å². The molecule has 0 aliphatic rings. The summed E-state index contributed by atoms with van der Waals surface area (Å²) in [6.07, 6.45) is 1.49. The number of aromatic nitrogens is 1. The highest BCUT2D eigenvalue weighted by molar-refractivity contribution is 6.39. The van der Waals surface area contributed by atoms with Crippen molar-refractivity contribution >= 4 is 57.4 Å². The Morgan fingerprint density at radius 1 is 1.31 bits per heavy atom. The van der Waals surface area contributed by atoms with Crippen molar-refractivity contribution in [2.45, 2.75) is 6.92 Å². The molecule has 29 heavy (non-hydrogen) atoms. The van der Waals surface area contributed by atoms with Gasteiger partial charge in [-0.25, -0.2) is 4.79 Å². The van der Waals surface area contributed by atoms with Crippen LogP contribution in [0.15, 0.2) is 36.4 Å². The van der Waals surface area contributed by atoms with Crippen molar-refractivity contribution in [3.05, 3.63) is 73.4 Å². The summed E-state index contributed by atoms with van der Waals surface area (Å²) < 4.78 is 5.10. The molecule has 0 aliphatic heterocycles. The Morgan fingerprint density at radius 3 is 2.59 bits per heavy atom. The first-order chi connectivity index (χ1) is 13.8. The van der Waals surface area contributed by atoms with Crippen LogP contribution in [0.25, 0.3) is 22.6 Å². The molecule has 0 spiro atoms. The number of nitrogens with zero attached hydrogens (tertiary/aromatic N) is 2. The zero-order valence-electron chi connectivity index (χ0n) is 15.0. The van der Waals surface area contributed by atoms with Crippen LogP contribution in [0.1, 0.15) is 28.5 Å². The number of fused-ring (bicyclic) bond motifs is 1. The topological polar surface area (TPSA) is 109 Å². The van der Waals surface area contributed by atoms with Gasteiger partial charge in [0.15, 0.2) is 0 Å². The molecular weight excluding hydrogens is 417 g/mol. The second-order valence-electron chi connectivity index (χ2n) is 5.92. The number of ether oxygens (including phenoxy) is 1. The smallest absolute Gasteiger partial charge is 0.355 e. The molecule has 0 saturated heterocycles. The summed E-state index contributed by atoms with van der Waals surface area (Å²) in [4.78, 5) is 25.7. The number of nitro groups is 1. The summed E-state index contributed by atoms with van der Waals surface area (Å²) in [5.41, 5.74) is 1.56. The molecule has 1 aromatic heterocycles. The summed E-state index contributed by atoms with van der Waals surface area (Å²) >= 11 is 12.4. The lowest BCUT2D eigenvalue weighted by atomic mass is 10.0. The molecule has 0 bridgehead atoms. The zero-order chi connectivity index (χ0) is 21.1. The van der Waals surface area contributed by atoms with E-state index < -0.39 is 10.9 Å². The summed E-state index contributed by atoms with van der Waals surface area (Å²) in [5.74, 6) is -0.608. The van der Waals surface area contributed by atoms with Crippen LogP contribution in [-0.4, -0.2) is 22.5 Å². The van der Waals surface area contributed by atoms with Crippen LogP contribution in [0.4, 0.5) is 5.69 Å². The number of nitro benzene ring substituents is 1. The number of rotatable bonds is 5. The van der Waals surface area contributed by atoms with Gasteiger partial charge in [0.05, 0.1) is 28.2 Å². The second kappa shape index (κ2) is 8.35. The van der Waals surface area contributed by atoms with E-state index in [1.807, 2.05) is 0 Å². The Bertz CT molecular complexity index is 1190. The van der Waals surface area contributed by atoms with Crippen LogP contribution in [0, 0.1) is 21.4 Å². The number of hydrogen-bond donors (Lipinski definition) is 1. The minimum atomic E-state index is -0.608. The van der Waals surface area contributed by atoms with Gasteiger partial charge in [-0.15, -0.1) is 0 Å². The molecule has 1 N–H and O–H groups in total. The predicted molar refractivity (Wildman–Crippen MR) is 111 cm³/mol. The lowest BCUT2D eigenvalue weighted by Crippen LogP contribution is -2.06. The number of nitrogens with one attached hydrogen (secondary N) is 1. The van der Waals surface area contributed by atoms with E-state index in [-0.39, 0.29) is 23.6 Å². The fourth-order valence-electron chi connectivity index (χ4n) is 2.87. The summed E-state index contributed by atoms with van der Waals surface area (Å²) in [6.45, 7) is 1.84. The van der Waals surface area contributed by atoms with Gasteiger partial charge >= 0.3 is 5.97 Å². The molecule has 0 saturated carbocycles. The first kappa shape index (κ1) is 20.4. The van der Waals surface area contributed by atoms with Crippen LogP contribution in [0.3, 0.4) is 0 Å². The van der Waals surface area contributed by atoms with Crippen molar-refractivity contribution < 1.29 is 14.5 Å². The number of benzene rings is 2. The third-order valence-corrected chi connectivity index (χ3v) is 4.65. The van der Waals surface area contributed by atoms with E-state index in [1.54, 1.807) is 13.0 Å². The molecule has 146 valence electrons. The first-order valence-corrected chi connectivity index (χ1v) is 9.15. The van der Waals surface area contributed by atoms with E-state index in [9.17, 15) is 20.2 Å². The van der Waals surface area contributed by atoms with Crippen molar-refractivity contribution in [1.82, 2.24) is 4.98 Å². The molecule has 2 aromatic carbocycles. The van der Waals surface area contributed by atoms with Crippen molar-refractivity contribution in [1.29, 1.82) is 5.26 Å². The average molecular weight is 430 g/mol. The lowest BCUT2D eigenvalue weighted by Gasteiger charge is -2.04. The molecule has 0 fully saturated rings. The fraction of sp³-hybridized carbons (Fsp3) is 0.100. The van der Waals surface area contributed by atoms with Crippen LogP contribution in [0.5, 0.6) is 0 Å². The predicted octanol–water partition coefficient (Wildman–Crippen LogP) is 5.62. The van der Waals surface area contributed by atoms with E-state index in [1.165, 1.54) is 36.4 Å². The number of hydrogen-bond acceptors (Lipinski definition) is 5. The number of aromatic amines is 1. The van der Waals surface area contributed by atoms with Gasteiger partial charge in [0.2, 0.25) is 0 Å². The number of esters is 1. The molecular formula is C20H13Cl2N3O4. The third kappa shape index (κ3) is 4.09. The maximum atomic E-state index is 12.4. The van der Waals surface area contributed by atoms with Gasteiger partial charge < -0.3 is 9.72 Å². The van der Waals surface area contributed by atoms with Crippen LogP contribution in [0.2, 0.25) is 10.0 Å². The van der Waals surface area contributed by atoms with E-state index >= 15 is 0 Å². The van der Waals surface area contributed by atoms with Gasteiger partial charge in [-0.3, -0.25) is 10.1 Å². The van der Waals surface area contributed by atoms with Gasteiger partial charge in [-0.05, 0) is 42.8 Å². The van der Waals surface area contributed by atoms with E-state index in [4.69, 9.17) is 27.9 Å². The number of non-ortho nitro benzene ring substituents is 1. The fourth-order valence-corrected chi connectivity index (χ4v) is 3.46. The van der Waals surface area contributed by atoms with Gasteiger partial charge in [0.1, 0.15) is 5.69 Å². The maximum Gasteiger partial charge on any atom is 0.355 e. The Morgan fingerprint density at radius 2 is 2.00 bits per heavy atom. The molecule has 0 atom stereocenters. The molecule has 3 rings (SSSR count). The van der Waals surface area contributed by atoms with E-state index in [2.05, 4.69) is 11.1 Å². The van der Waals surface area contributed by atoms with Crippen molar-refractivity contribution in [2.24, 2.45) is 0 Å². The standard InChI is InChI=1S/C20H13Cl2N3O4/c1-2-29-20(26)19-15(18-16(22)8-13(21)9-17(18)24-19)7-12(10-23)11-3-5-14(6-4-11)25(27)28/h3-9,24H,2H2,1H3. The third-order valence-electron chi connectivity index (χ3n) is 4.13. The number of carbonyl (C=O) groups excluding carboxylic acids is 1. The number of H-pyrrole nitrogens is 1. The highest BCUT2D eigenvalue weighted by atomic mass is 35.5. The molecule has 0 radical (unpaired) electrons. The summed E-state index contributed by atoms with van der Waals surface area (Å²) in [6, 6.07) is 10.7. The minimum Gasteiger partial charge on any atom is -0.461 e. The number of halogens is 2. The largest absolute Gasteiger partial charge is 0.461 e. The number of carbonyl (C=O) groups is 1. The van der Waals surface area contributed by atoms with Gasteiger partial charge in [0, 0.05) is 33.6 Å². The normalized spacial score (nSPS) is 11.3. The zero-order valence-corrected chi connectivity index (χ0v) is 16.5. The van der Waals surface area contributed by atoms with Crippen molar-refractivity contribution in [3.8, 4) is 6.07 Å². The molecule has 0 unspecified atom stereocenters. The SMILES string of the molecule is CCOC(=O)c1[nH]c2cc(Cl)cc(Cl)c2c1C=C(C#N)c1ccc([N+](=O)[O-])cc1. The van der Waals surface area contributed by atoms with Crippen LogP contribution < -0.4 is 0 Å². The molecule has 1 heterocycles. The Balaban J connectivity index is 2.23. The number of nitriles is 1. The minimum absolute atomic E-state index is 0.0944. The number of allylic oxidation sites excluding steroid dienone is 1. The average Bonchev–Trinajstić information content (AvgIpc) is 3.04. The second-order valence-corrected chi connectivity index (χ2v) is 6.76. The molecule has 3 aromatic rings. The highest BCUT2D eigenvalue weighted by Crippen LogP contribution is 2.35. The van der Waals surface area contributed by atoms with Gasteiger partial charge in [-0.2, -0.15) is 5.26 Å². The summed E-state index contributed by atoms with van der Waals surface area (Å²) in [7, 11) is 0. The monoisotopic (exact) mass is 429 g/mol. The summed E-state index contributed by atoms with van der Waals surface area (Å²) in [5, 5.41) is 21.7. The van der Waals surface area contributed by atoms with Gasteiger partial charge in [-0.1, -0.05) is 23.2 Å². The Kier molecular flexibility index (Phi) is 5.87. The van der Waals surface area contributed by atoms with Gasteiger partial charge in [0.25, 0.3) is 5.69 Å². The Hall–Kier alpha value is -3.34. The first-order valence-electron chi connectivity index (χ1n) is 8.40. The molecule has 9 heteroatoms. The maximum absolute atomic E-state index is 12.4. The Labute approximate surface area is 175 Å². The van der Waals surface area contributed by atoms with E-state index in [0.29, 0.717) is 32.1 Å². The highest BCUT2D eigenvalue weighted by Gasteiger charge is 2.21. The van der Waals surface area contributed by atoms with Crippen LogP contribution in [-0.2, 0) is 4.74 Å². The van der Waals surface area contributed by atoms with Crippen molar-refractivity contribution in [2.75, 3.05) is 6.61 Å².